The molecule has 1 rings (SSSR count). The third-order valence-corrected chi connectivity index (χ3v) is 10.1. The van der Waals surface area contributed by atoms with Gasteiger partial charge in [0.15, 0.2) is 0 Å². The molecule has 1 heterocycles. The minimum atomic E-state index is 0.250. The Kier molecular flexibility index (Phi) is 36.0. The van der Waals surface area contributed by atoms with Crippen LogP contribution in [0.1, 0.15) is 219 Å². The Hall–Kier alpha value is -0.640. The molecule has 278 valence electrons. The van der Waals surface area contributed by atoms with Gasteiger partial charge in [-0.3, -0.25) is 0 Å². The number of nitrogens with one attached hydrogen (secondary N) is 1. The van der Waals surface area contributed by atoms with E-state index in [9.17, 15) is 0 Å². The molecule has 2 unspecified atom stereocenters. The molecule has 1 N–H and O–H groups in total. The normalized spacial score (nSPS) is 16.8. The van der Waals surface area contributed by atoms with E-state index in [1.807, 2.05) is 0 Å². The lowest BCUT2D eigenvalue weighted by atomic mass is 10.1. The Morgan fingerprint density at radius 3 is 0.915 bits per heavy atom. The van der Waals surface area contributed by atoms with Gasteiger partial charge in [-0.05, 0) is 64.2 Å². The van der Waals surface area contributed by atoms with Gasteiger partial charge in [0.2, 0.25) is 0 Å². The molecule has 1 fully saturated rings. The van der Waals surface area contributed by atoms with Crippen molar-refractivity contribution in [2.75, 3.05) is 26.3 Å². The molecule has 0 bridgehead atoms. The predicted molar refractivity (Wildman–Crippen MR) is 210 cm³/mol. The average Bonchev–Trinajstić information content (AvgIpc) is 3.53. The van der Waals surface area contributed by atoms with Gasteiger partial charge in [-0.15, -0.1) is 0 Å². The maximum Gasteiger partial charge on any atom is 0.0973 e. The SMILES string of the molecule is CCCCCCCC/C=C\CCCCCCCCCCOC1CNCC1OCCCCCCCCCC/C=C\CCCCCCCC. The van der Waals surface area contributed by atoms with E-state index in [4.69, 9.17) is 9.47 Å². The van der Waals surface area contributed by atoms with E-state index in [0.29, 0.717) is 0 Å². The summed E-state index contributed by atoms with van der Waals surface area (Å²) in [6.07, 6.45) is 53.9. The second-order valence-electron chi connectivity index (χ2n) is 14.8. The maximum atomic E-state index is 6.24. The van der Waals surface area contributed by atoms with Crippen LogP contribution in [0.5, 0.6) is 0 Å². The molecule has 1 aliphatic rings. The molecule has 0 aromatic carbocycles. The fourth-order valence-corrected chi connectivity index (χ4v) is 6.84. The van der Waals surface area contributed by atoms with E-state index in [-0.39, 0.29) is 12.2 Å². The molecule has 47 heavy (non-hydrogen) atoms. The van der Waals surface area contributed by atoms with Crippen molar-refractivity contribution in [3.05, 3.63) is 24.3 Å². The van der Waals surface area contributed by atoms with Crippen LogP contribution in [0.4, 0.5) is 0 Å². The quantitative estimate of drug-likeness (QED) is 0.0528. The summed E-state index contributed by atoms with van der Waals surface area (Å²) < 4.78 is 12.5. The zero-order chi connectivity index (χ0) is 33.6. The van der Waals surface area contributed by atoms with Crippen molar-refractivity contribution >= 4 is 0 Å². The molecule has 1 saturated heterocycles. The number of unbranched alkanes of at least 4 members (excludes halogenated alkanes) is 28. The molecule has 0 aromatic heterocycles. The maximum absolute atomic E-state index is 6.24. The van der Waals surface area contributed by atoms with Crippen molar-refractivity contribution in [2.24, 2.45) is 0 Å². The monoisotopic (exact) mass is 660 g/mol. The Morgan fingerprint density at radius 2 is 0.617 bits per heavy atom. The molecule has 3 heteroatoms. The summed E-state index contributed by atoms with van der Waals surface area (Å²) in [5, 5.41) is 3.49. The van der Waals surface area contributed by atoms with Gasteiger partial charge in [0, 0.05) is 26.3 Å². The Bertz CT molecular complexity index is 593. The fourth-order valence-electron chi connectivity index (χ4n) is 6.84. The van der Waals surface area contributed by atoms with Crippen LogP contribution in [0.15, 0.2) is 24.3 Å². The van der Waals surface area contributed by atoms with Gasteiger partial charge in [0.1, 0.15) is 0 Å². The highest BCUT2D eigenvalue weighted by atomic mass is 16.5. The third kappa shape index (κ3) is 32.3. The van der Waals surface area contributed by atoms with E-state index in [1.54, 1.807) is 0 Å². The number of hydrogen-bond donors (Lipinski definition) is 1. The summed E-state index contributed by atoms with van der Waals surface area (Å²) in [5.74, 6) is 0. The summed E-state index contributed by atoms with van der Waals surface area (Å²) >= 11 is 0. The zero-order valence-corrected chi connectivity index (χ0v) is 32.2. The van der Waals surface area contributed by atoms with Gasteiger partial charge in [-0.2, -0.15) is 0 Å². The highest BCUT2D eigenvalue weighted by molar-refractivity contribution is 4.83. The first-order chi connectivity index (χ1) is 23.4. The van der Waals surface area contributed by atoms with Crippen LogP contribution < -0.4 is 5.32 Å². The highest BCUT2D eigenvalue weighted by Gasteiger charge is 2.28. The van der Waals surface area contributed by atoms with Crippen LogP contribution in [0.3, 0.4) is 0 Å². The smallest absolute Gasteiger partial charge is 0.0973 e. The van der Waals surface area contributed by atoms with Gasteiger partial charge in [-0.1, -0.05) is 179 Å². The summed E-state index contributed by atoms with van der Waals surface area (Å²) in [5.41, 5.74) is 0. The van der Waals surface area contributed by atoms with Gasteiger partial charge in [0.25, 0.3) is 0 Å². The molecule has 0 aromatic rings. The van der Waals surface area contributed by atoms with Crippen molar-refractivity contribution in [1.82, 2.24) is 5.32 Å². The second kappa shape index (κ2) is 38.2. The first kappa shape index (κ1) is 44.4. The van der Waals surface area contributed by atoms with Gasteiger partial charge in [0.05, 0.1) is 12.2 Å². The highest BCUT2D eigenvalue weighted by Crippen LogP contribution is 2.15. The zero-order valence-electron chi connectivity index (χ0n) is 32.2. The number of rotatable bonds is 38. The molecule has 0 saturated carbocycles. The Labute approximate surface area is 296 Å². The van der Waals surface area contributed by atoms with Crippen molar-refractivity contribution < 1.29 is 9.47 Å². The van der Waals surface area contributed by atoms with E-state index < -0.39 is 0 Å². The lowest BCUT2D eigenvalue weighted by Crippen LogP contribution is -2.30. The topological polar surface area (TPSA) is 30.5 Å². The lowest BCUT2D eigenvalue weighted by molar-refractivity contribution is -0.0481. The first-order valence-electron chi connectivity index (χ1n) is 21.6. The largest absolute Gasteiger partial charge is 0.374 e. The van der Waals surface area contributed by atoms with E-state index >= 15 is 0 Å². The molecule has 0 aliphatic carbocycles. The van der Waals surface area contributed by atoms with Gasteiger partial charge < -0.3 is 14.8 Å². The molecular formula is C44H85NO2. The molecule has 0 amide bonds. The van der Waals surface area contributed by atoms with Crippen molar-refractivity contribution in [1.29, 1.82) is 0 Å². The summed E-state index contributed by atoms with van der Waals surface area (Å²) in [6, 6.07) is 0. The molecule has 0 spiro atoms. The third-order valence-electron chi connectivity index (χ3n) is 10.1. The van der Waals surface area contributed by atoms with E-state index in [1.165, 1.54) is 205 Å². The standard InChI is InChI=1S/C44H85NO2/c1-3-5-7-9-11-13-15-17-19-21-23-25-27-29-31-33-35-37-39-46-43-41-45-42-44(43)47-40-38-36-34-32-30-28-26-24-22-20-18-16-14-12-10-8-6-4-2/h17-20,43-45H,3-16,21-42H2,1-2H3/b19-17-,20-18-. The molecule has 1 aliphatic heterocycles. The van der Waals surface area contributed by atoms with Crippen LogP contribution in [0, 0.1) is 0 Å². The van der Waals surface area contributed by atoms with Crippen LogP contribution in [-0.4, -0.2) is 38.5 Å². The molecule has 0 radical (unpaired) electrons. The number of hydrogen-bond acceptors (Lipinski definition) is 3. The first-order valence-corrected chi connectivity index (χ1v) is 21.6. The van der Waals surface area contributed by atoms with Crippen molar-refractivity contribution in [2.45, 2.75) is 232 Å². The van der Waals surface area contributed by atoms with Crippen molar-refractivity contribution in [3.8, 4) is 0 Å². The molecular weight excluding hydrogens is 574 g/mol. The number of ether oxygens (including phenoxy) is 2. The predicted octanol–water partition coefficient (Wildman–Crippen LogP) is 14.0. The Balaban J connectivity index is 1.79. The summed E-state index contributed by atoms with van der Waals surface area (Å²) in [4.78, 5) is 0. The molecule has 2 atom stereocenters. The summed E-state index contributed by atoms with van der Waals surface area (Å²) in [6.45, 7) is 8.28. The van der Waals surface area contributed by atoms with E-state index in [0.717, 1.165) is 26.3 Å². The van der Waals surface area contributed by atoms with Crippen LogP contribution in [0.25, 0.3) is 0 Å². The van der Waals surface area contributed by atoms with Crippen molar-refractivity contribution in [3.63, 3.8) is 0 Å². The summed E-state index contributed by atoms with van der Waals surface area (Å²) in [7, 11) is 0. The van der Waals surface area contributed by atoms with Gasteiger partial charge in [-0.25, -0.2) is 0 Å². The Morgan fingerprint density at radius 1 is 0.362 bits per heavy atom. The van der Waals surface area contributed by atoms with Crippen LogP contribution in [-0.2, 0) is 9.47 Å². The average molecular weight is 660 g/mol. The van der Waals surface area contributed by atoms with Crippen LogP contribution in [0.2, 0.25) is 0 Å². The van der Waals surface area contributed by atoms with Gasteiger partial charge >= 0.3 is 0 Å². The molecule has 3 nitrogen and oxygen atoms in total. The minimum absolute atomic E-state index is 0.250. The fraction of sp³-hybridized carbons (Fsp3) is 0.909. The second-order valence-corrected chi connectivity index (χ2v) is 14.8. The minimum Gasteiger partial charge on any atom is -0.374 e. The van der Waals surface area contributed by atoms with Crippen LogP contribution >= 0.6 is 0 Å². The van der Waals surface area contributed by atoms with E-state index in [2.05, 4.69) is 43.5 Å². The number of allylic oxidation sites excluding steroid dienone is 4. The lowest BCUT2D eigenvalue weighted by Gasteiger charge is -2.20.